The number of nitrogens with zero attached hydrogens (tertiary/aromatic N) is 2. The maximum Gasteiger partial charge on any atom is 0.411 e. The van der Waals surface area contributed by atoms with E-state index in [1.807, 2.05) is 30.3 Å². The van der Waals surface area contributed by atoms with Crippen LogP contribution >= 0.6 is 0 Å². The first-order valence-electron chi connectivity index (χ1n) is 8.86. The number of piperidine rings is 1. The molecule has 0 saturated carbocycles. The number of aromatic nitrogens is 1. The number of pyridine rings is 1. The highest BCUT2D eigenvalue weighted by molar-refractivity contribution is 7.88. The first-order valence-corrected chi connectivity index (χ1v) is 10.8. The van der Waals surface area contributed by atoms with Crippen molar-refractivity contribution in [1.29, 1.82) is 0 Å². The monoisotopic (exact) mass is 389 g/mol. The molecule has 0 spiro atoms. The number of amides is 1. The number of carbonyl (C=O) groups is 1. The molecule has 144 valence electrons. The Morgan fingerprint density at radius 2 is 1.85 bits per heavy atom. The van der Waals surface area contributed by atoms with E-state index in [0.717, 1.165) is 31.1 Å². The van der Waals surface area contributed by atoms with Crippen LogP contribution in [-0.4, -0.2) is 43.7 Å². The molecule has 2 aromatic rings. The molecular weight excluding hydrogens is 366 g/mol. The van der Waals surface area contributed by atoms with Gasteiger partial charge in [0.25, 0.3) is 0 Å². The predicted octanol–water partition coefficient (Wildman–Crippen LogP) is 2.92. The van der Waals surface area contributed by atoms with Crippen molar-refractivity contribution in [2.45, 2.75) is 25.5 Å². The molecule has 1 atom stereocenters. The largest absolute Gasteiger partial charge is 0.425 e. The summed E-state index contributed by atoms with van der Waals surface area (Å²) in [6.07, 6.45) is 3.91. The quantitative estimate of drug-likeness (QED) is 0.795. The third-order valence-corrected chi connectivity index (χ3v) is 4.95. The van der Waals surface area contributed by atoms with E-state index in [-0.39, 0.29) is 0 Å². The zero-order valence-electron chi connectivity index (χ0n) is 15.2. The van der Waals surface area contributed by atoms with E-state index >= 15 is 0 Å². The topological polar surface area (TPSA) is 88.6 Å². The Kier molecular flexibility index (Phi) is 6.08. The summed E-state index contributed by atoms with van der Waals surface area (Å²) in [7, 11) is -3.59. The van der Waals surface area contributed by atoms with E-state index in [1.54, 1.807) is 23.2 Å². The highest BCUT2D eigenvalue weighted by atomic mass is 32.2. The molecule has 0 aliphatic carbocycles. The van der Waals surface area contributed by atoms with Gasteiger partial charge in [0.05, 0.1) is 11.9 Å². The highest BCUT2D eigenvalue weighted by Gasteiger charge is 2.25. The summed E-state index contributed by atoms with van der Waals surface area (Å²) < 4.78 is 31.5. The molecule has 1 fully saturated rings. The van der Waals surface area contributed by atoms with Crippen LogP contribution in [0.25, 0.3) is 11.3 Å². The summed E-state index contributed by atoms with van der Waals surface area (Å²) in [5.41, 5.74) is 2.07. The van der Waals surface area contributed by atoms with Crippen molar-refractivity contribution in [3.05, 3.63) is 54.2 Å². The number of hydrogen-bond donors (Lipinski definition) is 1. The maximum atomic E-state index is 12.5. The van der Waals surface area contributed by atoms with Crippen molar-refractivity contribution in [1.82, 2.24) is 14.6 Å². The van der Waals surface area contributed by atoms with Gasteiger partial charge in [-0.2, -0.15) is 4.72 Å². The van der Waals surface area contributed by atoms with Gasteiger partial charge in [-0.05, 0) is 31.4 Å². The third kappa shape index (κ3) is 5.51. The normalized spacial score (nSPS) is 16.0. The van der Waals surface area contributed by atoms with E-state index < -0.39 is 22.3 Å². The maximum absolute atomic E-state index is 12.5. The van der Waals surface area contributed by atoms with Crippen molar-refractivity contribution in [2.24, 2.45) is 0 Å². The molecule has 0 radical (unpaired) electrons. The molecule has 1 aromatic carbocycles. The summed E-state index contributed by atoms with van der Waals surface area (Å²) in [6, 6.07) is 12.9. The van der Waals surface area contributed by atoms with Gasteiger partial charge in [-0.25, -0.2) is 13.2 Å². The average molecular weight is 389 g/mol. The molecule has 1 N–H and O–H groups in total. The molecule has 0 bridgehead atoms. The second-order valence-corrected chi connectivity index (χ2v) is 8.32. The molecule has 1 aliphatic rings. The van der Waals surface area contributed by atoms with Crippen molar-refractivity contribution in [3.8, 4) is 11.3 Å². The number of benzene rings is 1. The summed E-state index contributed by atoms with van der Waals surface area (Å²) in [6.45, 7) is 1.24. The van der Waals surface area contributed by atoms with Gasteiger partial charge < -0.3 is 9.64 Å². The Bertz CT molecular complexity index is 881. The number of hydrogen-bond acceptors (Lipinski definition) is 5. The van der Waals surface area contributed by atoms with Crippen LogP contribution in [0.4, 0.5) is 4.79 Å². The Morgan fingerprint density at radius 1 is 1.15 bits per heavy atom. The molecule has 1 saturated heterocycles. The fraction of sp³-hybridized carbons (Fsp3) is 0.368. The Balaban J connectivity index is 1.85. The first kappa shape index (κ1) is 19.3. The minimum absolute atomic E-state index is 0.514. The van der Waals surface area contributed by atoms with Gasteiger partial charge in [0.1, 0.15) is 0 Å². The predicted molar refractivity (Wildman–Crippen MR) is 102 cm³/mol. The van der Waals surface area contributed by atoms with E-state index in [9.17, 15) is 13.2 Å². The molecule has 1 amide bonds. The fourth-order valence-corrected chi connectivity index (χ4v) is 3.56. The number of sulfonamides is 1. The summed E-state index contributed by atoms with van der Waals surface area (Å²) >= 11 is 0. The van der Waals surface area contributed by atoms with Gasteiger partial charge in [-0.1, -0.05) is 30.3 Å². The molecule has 3 rings (SSSR count). The van der Waals surface area contributed by atoms with Crippen LogP contribution in [0.15, 0.2) is 48.7 Å². The van der Waals surface area contributed by atoms with Crippen LogP contribution in [0.5, 0.6) is 0 Å². The van der Waals surface area contributed by atoms with E-state index in [1.165, 1.54) is 0 Å². The number of rotatable bonds is 5. The smallest absolute Gasteiger partial charge is 0.411 e. The van der Waals surface area contributed by atoms with Crippen LogP contribution in [0.3, 0.4) is 0 Å². The zero-order valence-corrected chi connectivity index (χ0v) is 16.0. The highest BCUT2D eigenvalue weighted by Crippen LogP contribution is 2.23. The van der Waals surface area contributed by atoms with Crippen LogP contribution < -0.4 is 4.72 Å². The molecule has 2 heterocycles. The summed E-state index contributed by atoms with van der Waals surface area (Å²) in [4.78, 5) is 18.4. The van der Waals surface area contributed by atoms with Crippen LogP contribution in [0, 0.1) is 0 Å². The van der Waals surface area contributed by atoms with E-state index in [4.69, 9.17) is 4.74 Å². The van der Waals surface area contributed by atoms with Gasteiger partial charge in [0.15, 0.2) is 6.23 Å². The lowest BCUT2D eigenvalue weighted by molar-refractivity contribution is 0.0527. The Morgan fingerprint density at radius 3 is 2.52 bits per heavy atom. The van der Waals surface area contributed by atoms with Gasteiger partial charge in [-0.15, -0.1) is 0 Å². The number of likely N-dealkylation sites (tertiary alicyclic amines) is 1. The van der Waals surface area contributed by atoms with Gasteiger partial charge >= 0.3 is 6.09 Å². The minimum Gasteiger partial charge on any atom is -0.425 e. The van der Waals surface area contributed by atoms with Crippen LogP contribution in [-0.2, 0) is 14.8 Å². The summed E-state index contributed by atoms with van der Waals surface area (Å²) in [5.74, 6) is 0. The molecule has 27 heavy (non-hydrogen) atoms. The number of ether oxygens (including phenoxy) is 1. The fourth-order valence-electron chi connectivity index (χ4n) is 2.98. The lowest BCUT2D eigenvalue weighted by Crippen LogP contribution is -2.39. The standard InChI is InChI=1S/C19H23N3O4S/c1-27(24,25)21-18(26-19(23)22-12-6-3-7-13-22)16-10-11-20-17(14-16)15-8-4-2-5-9-15/h2,4-5,8-11,14,18,21H,3,6-7,12-13H2,1H3. The number of carbonyl (C=O) groups excluding carboxylic acids is 1. The zero-order chi connectivity index (χ0) is 19.3. The van der Waals surface area contributed by atoms with Gasteiger partial charge in [0.2, 0.25) is 10.0 Å². The lowest BCUT2D eigenvalue weighted by atomic mass is 10.1. The minimum atomic E-state index is -3.59. The Hall–Kier alpha value is -2.45. The molecular formula is C19H23N3O4S. The molecule has 1 unspecified atom stereocenters. The van der Waals surface area contributed by atoms with Crippen molar-refractivity contribution >= 4 is 16.1 Å². The van der Waals surface area contributed by atoms with E-state index in [2.05, 4.69) is 9.71 Å². The first-order chi connectivity index (χ1) is 12.9. The van der Waals surface area contributed by atoms with E-state index in [0.29, 0.717) is 24.3 Å². The second kappa shape index (κ2) is 8.49. The van der Waals surface area contributed by atoms with Crippen molar-refractivity contribution < 1.29 is 17.9 Å². The lowest BCUT2D eigenvalue weighted by Gasteiger charge is -2.28. The molecule has 8 heteroatoms. The molecule has 1 aromatic heterocycles. The van der Waals surface area contributed by atoms with Crippen molar-refractivity contribution in [3.63, 3.8) is 0 Å². The summed E-state index contributed by atoms with van der Waals surface area (Å²) in [5, 5.41) is 0. The molecule has 7 nitrogen and oxygen atoms in total. The van der Waals surface area contributed by atoms with Crippen LogP contribution in [0.2, 0.25) is 0 Å². The second-order valence-electron chi connectivity index (χ2n) is 6.54. The molecule has 1 aliphatic heterocycles. The SMILES string of the molecule is CS(=O)(=O)NC(OC(=O)N1CCCCC1)c1ccnc(-c2ccccc2)c1. The Labute approximate surface area is 159 Å². The van der Waals surface area contributed by atoms with Crippen molar-refractivity contribution in [2.75, 3.05) is 19.3 Å². The number of nitrogens with one attached hydrogen (secondary N) is 1. The van der Waals surface area contributed by atoms with Crippen LogP contribution in [0.1, 0.15) is 31.1 Å². The average Bonchev–Trinajstić information content (AvgIpc) is 2.68. The van der Waals surface area contributed by atoms with Gasteiger partial charge in [0, 0.05) is 30.4 Å². The third-order valence-electron chi connectivity index (χ3n) is 4.31. The van der Waals surface area contributed by atoms with Gasteiger partial charge in [-0.3, -0.25) is 4.98 Å².